The highest BCUT2D eigenvalue weighted by Crippen LogP contribution is 2.25. The summed E-state index contributed by atoms with van der Waals surface area (Å²) in [6.45, 7) is 1.40. The van der Waals surface area contributed by atoms with Crippen molar-refractivity contribution in [1.82, 2.24) is 10.4 Å². The van der Waals surface area contributed by atoms with Gasteiger partial charge in [-0.05, 0) is 29.8 Å². The van der Waals surface area contributed by atoms with Crippen LogP contribution in [0.1, 0.15) is 22.8 Å². The number of nitrogens with zero attached hydrogens (tertiary/aromatic N) is 1. The third-order valence-corrected chi connectivity index (χ3v) is 4.49. The molecule has 2 aromatic carbocycles. The summed E-state index contributed by atoms with van der Waals surface area (Å²) in [4.78, 5) is 35.5. The first kappa shape index (κ1) is 18.7. The Morgan fingerprint density at radius 2 is 1.74 bits per heavy atom. The normalized spacial score (nSPS) is 18.9. The summed E-state index contributed by atoms with van der Waals surface area (Å²) in [5.74, 6) is -0.985. The fraction of sp³-hybridized carbons (Fsp3) is 0.150. The second-order valence-electron chi connectivity index (χ2n) is 6.07. The van der Waals surface area contributed by atoms with Crippen LogP contribution in [0.5, 0.6) is 0 Å². The molecule has 27 heavy (non-hydrogen) atoms. The van der Waals surface area contributed by atoms with E-state index in [-0.39, 0.29) is 11.8 Å². The quantitative estimate of drug-likeness (QED) is 0.615. The zero-order valence-electron chi connectivity index (χ0n) is 14.6. The fourth-order valence-electron chi connectivity index (χ4n) is 2.64. The van der Waals surface area contributed by atoms with Crippen molar-refractivity contribution in [3.8, 4) is 0 Å². The molecule has 6 nitrogen and oxygen atoms in total. The van der Waals surface area contributed by atoms with E-state index < -0.39 is 17.3 Å². The molecule has 7 heteroatoms. The van der Waals surface area contributed by atoms with Crippen LogP contribution in [0.2, 0.25) is 0 Å². The van der Waals surface area contributed by atoms with Crippen molar-refractivity contribution in [2.24, 2.45) is 0 Å². The first-order chi connectivity index (χ1) is 13.0. The van der Waals surface area contributed by atoms with E-state index in [2.05, 4.69) is 10.7 Å². The predicted octanol–water partition coefficient (Wildman–Crippen LogP) is 2.82. The van der Waals surface area contributed by atoms with Crippen LogP contribution in [-0.2, 0) is 9.59 Å². The summed E-state index contributed by atoms with van der Waals surface area (Å²) in [6, 6.07) is 15.5. The second-order valence-corrected chi connectivity index (χ2v) is 6.54. The molecule has 3 rings (SSSR count). The molecule has 1 aliphatic heterocycles. The van der Waals surface area contributed by atoms with Gasteiger partial charge in [0.25, 0.3) is 11.8 Å². The van der Waals surface area contributed by atoms with Gasteiger partial charge in [-0.3, -0.25) is 19.8 Å². The molecule has 0 aromatic heterocycles. The molecule has 0 unspecified atom stereocenters. The molecule has 2 aromatic rings. The number of hydrogen-bond donors (Lipinski definition) is 2. The molecule has 3 amide bonds. The molecule has 0 saturated carbocycles. The molecule has 138 valence electrons. The number of benzene rings is 2. The van der Waals surface area contributed by atoms with Gasteiger partial charge >= 0.3 is 0 Å². The number of alkyl halides is 1. The third-order valence-electron chi connectivity index (χ3n) is 4.05. The van der Waals surface area contributed by atoms with E-state index in [1.807, 2.05) is 36.4 Å². The van der Waals surface area contributed by atoms with Gasteiger partial charge in [0, 0.05) is 18.2 Å². The van der Waals surface area contributed by atoms with E-state index in [4.69, 9.17) is 11.6 Å². The number of carbonyl (C=O) groups is 3. The van der Waals surface area contributed by atoms with E-state index in [0.29, 0.717) is 11.3 Å². The van der Waals surface area contributed by atoms with Gasteiger partial charge in [0.15, 0.2) is 0 Å². The molecule has 0 spiro atoms. The number of amides is 3. The highest BCUT2D eigenvalue weighted by molar-refractivity contribution is 6.34. The molecule has 0 bridgehead atoms. The average Bonchev–Trinajstić information content (AvgIpc) is 2.67. The third kappa shape index (κ3) is 4.35. The Bertz CT molecular complexity index is 881. The Kier molecular flexibility index (Phi) is 5.57. The molecular formula is C20H18ClN3O3. The Morgan fingerprint density at radius 1 is 1.07 bits per heavy atom. The van der Waals surface area contributed by atoms with E-state index in [1.165, 1.54) is 11.9 Å². The molecule has 1 aliphatic rings. The number of hydrogen-bond acceptors (Lipinski definition) is 3. The molecule has 2 N–H and O–H groups in total. The maximum atomic E-state index is 12.4. The van der Waals surface area contributed by atoms with Gasteiger partial charge in [0.1, 0.15) is 5.38 Å². The number of β-lactam (4-membered cyclic amide) rings is 1. The summed E-state index contributed by atoms with van der Waals surface area (Å²) in [5.41, 5.74) is 4.50. The molecule has 0 radical (unpaired) electrons. The summed E-state index contributed by atoms with van der Waals surface area (Å²) < 4.78 is 0. The van der Waals surface area contributed by atoms with E-state index >= 15 is 0 Å². The minimum atomic E-state index is -0.715. The van der Waals surface area contributed by atoms with Crippen molar-refractivity contribution in [2.45, 2.75) is 18.3 Å². The monoisotopic (exact) mass is 383 g/mol. The lowest BCUT2D eigenvalue weighted by Crippen LogP contribution is -2.67. The lowest BCUT2D eigenvalue weighted by atomic mass is 10.0. The van der Waals surface area contributed by atoms with Crippen molar-refractivity contribution in [3.05, 3.63) is 71.8 Å². The Labute approximate surface area is 161 Å². The van der Waals surface area contributed by atoms with Crippen LogP contribution in [0, 0.1) is 0 Å². The summed E-state index contributed by atoms with van der Waals surface area (Å²) in [5, 5.41) is 3.13. The number of rotatable bonds is 5. The van der Waals surface area contributed by atoms with E-state index in [9.17, 15) is 14.4 Å². The van der Waals surface area contributed by atoms with Crippen LogP contribution in [0.15, 0.2) is 60.7 Å². The Balaban J connectivity index is 1.66. The molecule has 1 saturated heterocycles. The summed E-state index contributed by atoms with van der Waals surface area (Å²) in [6.07, 6.45) is 3.64. The average molecular weight is 384 g/mol. The fourth-order valence-corrected chi connectivity index (χ4v) is 2.95. The highest BCUT2D eigenvalue weighted by atomic mass is 35.5. The SMILES string of the molecule is CC(=O)Nc1ccc(C(=O)NN2C(=O)[C@@H](Cl)[C@H]2/C=C/c2ccccc2)cc1. The van der Waals surface area contributed by atoms with Crippen LogP contribution >= 0.6 is 11.6 Å². The molecule has 2 atom stereocenters. The van der Waals surface area contributed by atoms with Gasteiger partial charge < -0.3 is 5.32 Å². The van der Waals surface area contributed by atoms with Crippen LogP contribution < -0.4 is 10.7 Å². The van der Waals surface area contributed by atoms with Crippen molar-refractivity contribution in [1.29, 1.82) is 0 Å². The lowest BCUT2D eigenvalue weighted by Gasteiger charge is -2.42. The molecular weight excluding hydrogens is 366 g/mol. The van der Waals surface area contributed by atoms with Gasteiger partial charge in [0.2, 0.25) is 5.91 Å². The predicted molar refractivity (Wildman–Crippen MR) is 104 cm³/mol. The van der Waals surface area contributed by atoms with Crippen LogP contribution in [0.25, 0.3) is 6.08 Å². The van der Waals surface area contributed by atoms with Crippen LogP contribution in [0.4, 0.5) is 5.69 Å². The number of anilines is 1. The lowest BCUT2D eigenvalue weighted by molar-refractivity contribution is -0.146. The van der Waals surface area contributed by atoms with Crippen molar-refractivity contribution < 1.29 is 14.4 Å². The molecule has 1 fully saturated rings. The van der Waals surface area contributed by atoms with Gasteiger partial charge in [-0.2, -0.15) is 0 Å². The van der Waals surface area contributed by atoms with E-state index in [1.54, 1.807) is 30.3 Å². The van der Waals surface area contributed by atoms with Crippen LogP contribution in [-0.4, -0.2) is 34.1 Å². The van der Waals surface area contributed by atoms with Crippen molar-refractivity contribution in [3.63, 3.8) is 0 Å². The number of halogens is 1. The standard InChI is InChI=1S/C20H18ClN3O3/c1-13(25)22-16-10-8-15(9-11-16)19(26)23-24-17(18(21)20(24)27)12-7-14-5-3-2-4-6-14/h2-12,17-18H,1H3,(H,22,25)(H,23,26)/b12-7+/t17-,18+/m1/s1. The Hall–Kier alpha value is -3.12. The summed E-state index contributed by atoms with van der Waals surface area (Å²) in [7, 11) is 0. The highest BCUT2D eigenvalue weighted by Gasteiger charge is 2.45. The summed E-state index contributed by atoms with van der Waals surface area (Å²) >= 11 is 6.09. The van der Waals surface area contributed by atoms with E-state index in [0.717, 1.165) is 5.56 Å². The largest absolute Gasteiger partial charge is 0.326 e. The molecule has 1 heterocycles. The van der Waals surface area contributed by atoms with Crippen LogP contribution in [0.3, 0.4) is 0 Å². The number of nitrogens with one attached hydrogen (secondary N) is 2. The van der Waals surface area contributed by atoms with Gasteiger partial charge in [-0.15, -0.1) is 11.6 Å². The number of carbonyl (C=O) groups excluding carboxylic acids is 3. The second kappa shape index (κ2) is 8.05. The topological polar surface area (TPSA) is 78.5 Å². The van der Waals surface area contributed by atoms with Gasteiger partial charge in [-0.25, -0.2) is 5.01 Å². The molecule has 0 aliphatic carbocycles. The smallest absolute Gasteiger partial charge is 0.269 e. The number of hydrazine groups is 1. The van der Waals surface area contributed by atoms with Crippen molar-refractivity contribution in [2.75, 3.05) is 5.32 Å². The maximum absolute atomic E-state index is 12.4. The van der Waals surface area contributed by atoms with Gasteiger partial charge in [-0.1, -0.05) is 42.5 Å². The zero-order valence-corrected chi connectivity index (χ0v) is 15.3. The first-order valence-corrected chi connectivity index (χ1v) is 8.78. The minimum absolute atomic E-state index is 0.195. The van der Waals surface area contributed by atoms with Gasteiger partial charge in [0.05, 0.1) is 6.04 Å². The first-order valence-electron chi connectivity index (χ1n) is 8.35. The Morgan fingerprint density at radius 3 is 2.37 bits per heavy atom. The zero-order chi connectivity index (χ0) is 19.4. The maximum Gasteiger partial charge on any atom is 0.269 e. The van der Waals surface area contributed by atoms with Crippen molar-refractivity contribution >= 4 is 41.1 Å². The minimum Gasteiger partial charge on any atom is -0.326 e.